The van der Waals surface area contributed by atoms with Crippen LogP contribution in [0.1, 0.15) is 19.4 Å². The number of carbonyl (C=O) groups is 1. The second kappa shape index (κ2) is 5.63. The van der Waals surface area contributed by atoms with Gasteiger partial charge in [0.25, 0.3) is 0 Å². The van der Waals surface area contributed by atoms with Crippen LogP contribution in [0.4, 0.5) is 5.69 Å². The number of amides is 1. The molecule has 1 rings (SSSR count). The van der Waals surface area contributed by atoms with Crippen molar-refractivity contribution >= 4 is 11.6 Å². The number of nitrogens with one attached hydrogen (secondary N) is 1. The first kappa shape index (κ1) is 12.7. The highest BCUT2D eigenvalue weighted by atomic mass is 16.3. The van der Waals surface area contributed by atoms with E-state index in [1.54, 1.807) is 24.3 Å². The molecule has 1 amide bonds. The van der Waals surface area contributed by atoms with Crippen molar-refractivity contribution in [1.82, 2.24) is 0 Å². The lowest BCUT2D eigenvalue weighted by atomic mass is 10.0. The van der Waals surface area contributed by atoms with Crippen LogP contribution in [0.15, 0.2) is 24.3 Å². The largest absolute Gasteiger partial charge is 0.392 e. The van der Waals surface area contributed by atoms with E-state index >= 15 is 0 Å². The average molecular weight is 222 g/mol. The van der Waals surface area contributed by atoms with Gasteiger partial charge in [-0.1, -0.05) is 26.0 Å². The molecule has 16 heavy (non-hydrogen) atoms. The average Bonchev–Trinajstić information content (AvgIpc) is 2.28. The van der Waals surface area contributed by atoms with Gasteiger partial charge >= 0.3 is 0 Å². The fourth-order valence-corrected chi connectivity index (χ4v) is 1.22. The number of carbonyl (C=O) groups excluding carboxylic acids is 1. The van der Waals surface area contributed by atoms with Crippen molar-refractivity contribution in [3.05, 3.63) is 29.8 Å². The fourth-order valence-electron chi connectivity index (χ4n) is 1.22. The summed E-state index contributed by atoms with van der Waals surface area (Å²) in [7, 11) is 0. The first-order chi connectivity index (χ1) is 7.54. The topological polar surface area (TPSA) is 75.4 Å². The fraction of sp³-hybridized carbons (Fsp3) is 0.417. The molecular weight excluding hydrogens is 204 g/mol. The molecule has 0 saturated carbocycles. The van der Waals surface area contributed by atoms with E-state index in [0.717, 1.165) is 5.56 Å². The number of rotatable bonds is 4. The van der Waals surface area contributed by atoms with Crippen molar-refractivity contribution < 1.29 is 9.90 Å². The smallest absolute Gasteiger partial charge is 0.241 e. The van der Waals surface area contributed by atoms with E-state index in [1.165, 1.54) is 0 Å². The number of aliphatic hydroxyl groups excluding tert-OH is 1. The second-order valence-electron chi connectivity index (χ2n) is 4.11. The van der Waals surface area contributed by atoms with Crippen LogP contribution in [0.2, 0.25) is 0 Å². The van der Waals surface area contributed by atoms with E-state index in [2.05, 4.69) is 5.32 Å². The Bertz CT molecular complexity index is 347. The van der Waals surface area contributed by atoms with Crippen molar-refractivity contribution in [3.63, 3.8) is 0 Å². The minimum absolute atomic E-state index is 0.000264. The zero-order valence-electron chi connectivity index (χ0n) is 9.60. The molecule has 0 aliphatic heterocycles. The lowest BCUT2D eigenvalue weighted by Gasteiger charge is -2.15. The van der Waals surface area contributed by atoms with Gasteiger partial charge in [-0.25, -0.2) is 0 Å². The molecule has 1 unspecified atom stereocenters. The van der Waals surface area contributed by atoms with Crippen LogP contribution >= 0.6 is 0 Å². The number of aliphatic hydroxyl groups is 1. The van der Waals surface area contributed by atoms with Gasteiger partial charge in [-0.15, -0.1) is 0 Å². The van der Waals surface area contributed by atoms with Crippen LogP contribution in [0, 0.1) is 5.92 Å². The molecule has 88 valence electrons. The van der Waals surface area contributed by atoms with Gasteiger partial charge in [0.05, 0.1) is 12.6 Å². The van der Waals surface area contributed by atoms with Gasteiger partial charge in [0, 0.05) is 5.69 Å². The molecule has 0 heterocycles. The maximum Gasteiger partial charge on any atom is 0.241 e. The van der Waals surface area contributed by atoms with E-state index in [-0.39, 0.29) is 18.4 Å². The van der Waals surface area contributed by atoms with Gasteiger partial charge in [0.2, 0.25) is 5.91 Å². The molecular formula is C12H18N2O2. The summed E-state index contributed by atoms with van der Waals surface area (Å²) in [6.07, 6.45) is 0. The number of hydrogen-bond donors (Lipinski definition) is 3. The van der Waals surface area contributed by atoms with Crippen LogP contribution in [0.3, 0.4) is 0 Å². The number of hydrogen-bond acceptors (Lipinski definition) is 3. The van der Waals surface area contributed by atoms with Crippen LogP contribution < -0.4 is 11.1 Å². The number of nitrogens with two attached hydrogens (primary N) is 1. The Labute approximate surface area is 95.5 Å². The zero-order chi connectivity index (χ0) is 12.1. The third kappa shape index (κ3) is 3.32. The minimum Gasteiger partial charge on any atom is -0.392 e. The van der Waals surface area contributed by atoms with E-state index in [1.807, 2.05) is 13.8 Å². The predicted octanol–water partition coefficient (Wildman–Crippen LogP) is 1.10. The summed E-state index contributed by atoms with van der Waals surface area (Å²) >= 11 is 0. The highest BCUT2D eigenvalue weighted by Gasteiger charge is 2.16. The quantitative estimate of drug-likeness (QED) is 0.714. The summed E-state index contributed by atoms with van der Waals surface area (Å²) in [5, 5.41) is 11.6. The molecule has 0 fully saturated rings. The van der Waals surface area contributed by atoms with Crippen molar-refractivity contribution in [2.45, 2.75) is 26.5 Å². The van der Waals surface area contributed by atoms with Crippen molar-refractivity contribution in [3.8, 4) is 0 Å². The van der Waals surface area contributed by atoms with Gasteiger partial charge in [-0.3, -0.25) is 4.79 Å². The summed E-state index contributed by atoms with van der Waals surface area (Å²) in [6, 6.07) is 6.51. The summed E-state index contributed by atoms with van der Waals surface area (Å²) in [5.74, 6) is -0.0801. The molecule has 0 spiro atoms. The van der Waals surface area contributed by atoms with Gasteiger partial charge in [-0.2, -0.15) is 0 Å². The standard InChI is InChI=1S/C12H18N2O2/c1-8(2)11(13)12(16)14-10-5-3-9(7-15)4-6-10/h3-6,8,11,15H,7,13H2,1-2H3,(H,14,16). The van der Waals surface area contributed by atoms with Crippen LogP contribution in [-0.4, -0.2) is 17.1 Å². The Kier molecular flexibility index (Phi) is 4.46. The molecule has 1 atom stereocenters. The Morgan fingerprint density at radius 3 is 2.38 bits per heavy atom. The van der Waals surface area contributed by atoms with E-state index in [0.29, 0.717) is 5.69 Å². The SMILES string of the molecule is CC(C)C(N)C(=O)Nc1ccc(CO)cc1. The lowest BCUT2D eigenvalue weighted by molar-refractivity contribution is -0.118. The van der Waals surface area contributed by atoms with Gasteiger partial charge in [0.15, 0.2) is 0 Å². The van der Waals surface area contributed by atoms with E-state index in [9.17, 15) is 4.79 Å². The molecule has 0 aliphatic carbocycles. The Balaban J connectivity index is 2.62. The molecule has 0 aromatic heterocycles. The third-order valence-electron chi connectivity index (χ3n) is 2.43. The summed E-state index contributed by atoms with van der Waals surface area (Å²) in [5.41, 5.74) is 7.22. The molecule has 0 saturated heterocycles. The molecule has 4 nitrogen and oxygen atoms in total. The highest BCUT2D eigenvalue weighted by Crippen LogP contribution is 2.10. The van der Waals surface area contributed by atoms with Crippen LogP contribution in [0.5, 0.6) is 0 Å². The predicted molar refractivity (Wildman–Crippen MR) is 63.8 cm³/mol. The summed E-state index contributed by atoms with van der Waals surface area (Å²) in [6.45, 7) is 3.80. The summed E-state index contributed by atoms with van der Waals surface area (Å²) in [4.78, 5) is 11.6. The second-order valence-corrected chi connectivity index (χ2v) is 4.11. The van der Waals surface area contributed by atoms with Crippen LogP contribution in [-0.2, 0) is 11.4 Å². The maximum atomic E-state index is 11.6. The Morgan fingerprint density at radius 1 is 1.38 bits per heavy atom. The van der Waals surface area contributed by atoms with Gasteiger partial charge < -0.3 is 16.2 Å². The van der Waals surface area contributed by atoms with Crippen molar-refractivity contribution in [2.24, 2.45) is 11.7 Å². The molecule has 4 heteroatoms. The zero-order valence-corrected chi connectivity index (χ0v) is 9.60. The molecule has 0 radical (unpaired) electrons. The number of anilines is 1. The van der Waals surface area contributed by atoms with Gasteiger partial charge in [-0.05, 0) is 23.6 Å². The van der Waals surface area contributed by atoms with Gasteiger partial charge in [0.1, 0.15) is 0 Å². The summed E-state index contributed by atoms with van der Waals surface area (Å²) < 4.78 is 0. The molecule has 1 aromatic rings. The first-order valence-electron chi connectivity index (χ1n) is 5.31. The monoisotopic (exact) mass is 222 g/mol. The Morgan fingerprint density at radius 2 is 1.94 bits per heavy atom. The first-order valence-corrected chi connectivity index (χ1v) is 5.31. The molecule has 0 bridgehead atoms. The molecule has 1 aromatic carbocycles. The van der Waals surface area contributed by atoms with Crippen molar-refractivity contribution in [1.29, 1.82) is 0 Å². The van der Waals surface area contributed by atoms with E-state index in [4.69, 9.17) is 10.8 Å². The number of benzene rings is 1. The van der Waals surface area contributed by atoms with Crippen LogP contribution in [0.25, 0.3) is 0 Å². The Hall–Kier alpha value is -1.39. The molecule has 4 N–H and O–H groups in total. The normalized spacial score (nSPS) is 12.6. The van der Waals surface area contributed by atoms with E-state index < -0.39 is 6.04 Å². The maximum absolute atomic E-state index is 11.6. The molecule has 0 aliphatic rings. The lowest BCUT2D eigenvalue weighted by Crippen LogP contribution is -2.39. The highest BCUT2D eigenvalue weighted by molar-refractivity contribution is 5.94. The van der Waals surface area contributed by atoms with Crippen molar-refractivity contribution in [2.75, 3.05) is 5.32 Å². The third-order valence-corrected chi connectivity index (χ3v) is 2.43. The minimum atomic E-state index is -0.502.